The van der Waals surface area contributed by atoms with Crippen LogP contribution < -0.4 is 0 Å². The fourth-order valence-corrected chi connectivity index (χ4v) is 32.7. The highest BCUT2D eigenvalue weighted by Gasteiger charge is 2.43. The molecule has 2 aliphatic carbocycles. The molecule has 0 aliphatic heterocycles. The van der Waals surface area contributed by atoms with Gasteiger partial charge in [-0.15, -0.1) is 0 Å². The summed E-state index contributed by atoms with van der Waals surface area (Å²) in [6.45, 7) is 0. The summed E-state index contributed by atoms with van der Waals surface area (Å²) in [6, 6.07) is 66.9. The normalized spacial score (nSPS) is 16.6. The number of benzene rings is 6. The summed E-state index contributed by atoms with van der Waals surface area (Å²) < 4.78 is -0.275. The lowest BCUT2D eigenvalue weighted by molar-refractivity contribution is 0.494. The molecular weight excluding hydrogens is 921 g/mol. The van der Waals surface area contributed by atoms with Gasteiger partial charge in [-0.05, 0) is 98.4 Å². The van der Waals surface area contributed by atoms with E-state index in [4.69, 9.17) is 0 Å². The Morgan fingerprint density at radius 3 is 0.717 bits per heavy atom. The number of hydrogen-bond donors (Lipinski definition) is 0. The van der Waals surface area contributed by atoms with Gasteiger partial charge in [-0.3, -0.25) is 0 Å². The molecule has 6 aromatic carbocycles. The molecule has 0 unspecified atom stereocenters. The van der Waals surface area contributed by atoms with Crippen LogP contribution in [0, 0.1) is 0 Å². The molecule has 0 nitrogen and oxygen atoms in total. The summed E-state index contributed by atoms with van der Waals surface area (Å²) in [4.78, 5) is 0. The Hall–Kier alpha value is -1.18. The third kappa shape index (κ3) is 10.8. The van der Waals surface area contributed by atoms with Crippen LogP contribution in [-0.2, 0) is 9.49 Å². The molecule has 2 saturated carbocycles. The van der Waals surface area contributed by atoms with E-state index in [0.29, 0.717) is 0 Å². The van der Waals surface area contributed by atoms with Crippen LogP contribution in [-0.4, -0.2) is 8.16 Å². The lowest BCUT2D eigenvalue weighted by atomic mass is 9.84. The van der Waals surface area contributed by atoms with Crippen molar-refractivity contribution in [1.29, 1.82) is 0 Å². The summed E-state index contributed by atoms with van der Waals surface area (Å²) >= 11 is 0. The standard InChI is InChI=1S/C50H50S10/c1-9-25-41(26-10-1)49(42-27-11-2-12-28-42,43-29-13-3-14-30-43)55-57-51-47(37-21-7-22-38-47)53-59-60-54-48(39-23-8-24-40-48)52-58-56-50(44-31-15-4-16-32-44,45-33-17-5-18-34-45)46-35-19-6-20-36-46/h1-6,9-20,25-36H,7-8,21-24,37-40H2. The molecule has 0 N–H and O–H groups in total. The van der Waals surface area contributed by atoms with Crippen molar-refractivity contribution in [3.63, 3.8) is 0 Å². The van der Waals surface area contributed by atoms with Crippen molar-refractivity contribution in [3.05, 3.63) is 215 Å². The van der Waals surface area contributed by atoms with E-state index in [-0.39, 0.29) is 17.7 Å². The maximum absolute atomic E-state index is 2.31. The highest BCUT2D eigenvalue weighted by atomic mass is 33.7. The Morgan fingerprint density at radius 1 is 0.267 bits per heavy atom. The Labute approximate surface area is 397 Å². The van der Waals surface area contributed by atoms with E-state index >= 15 is 0 Å². The van der Waals surface area contributed by atoms with E-state index in [1.54, 1.807) is 0 Å². The minimum Gasteiger partial charge on any atom is -0.0637 e. The van der Waals surface area contributed by atoms with Crippen LogP contribution in [0.4, 0.5) is 0 Å². The van der Waals surface area contributed by atoms with Gasteiger partial charge in [-0.1, -0.05) is 285 Å². The first-order chi connectivity index (χ1) is 29.7. The molecule has 0 bridgehead atoms. The van der Waals surface area contributed by atoms with Gasteiger partial charge in [0.2, 0.25) is 0 Å². The van der Waals surface area contributed by atoms with Crippen molar-refractivity contribution in [2.24, 2.45) is 0 Å². The molecule has 2 aliphatic rings. The van der Waals surface area contributed by atoms with Crippen molar-refractivity contribution in [3.8, 4) is 0 Å². The molecule has 0 radical (unpaired) electrons. The average Bonchev–Trinajstić information content (AvgIpc) is 3.33. The predicted molar refractivity (Wildman–Crippen MR) is 286 cm³/mol. The molecule has 60 heavy (non-hydrogen) atoms. The van der Waals surface area contributed by atoms with Gasteiger partial charge in [0.05, 0.1) is 8.16 Å². The summed E-state index contributed by atoms with van der Waals surface area (Å²) in [5, 5.41) is 0. The largest absolute Gasteiger partial charge is 0.102 e. The first kappa shape index (κ1) is 45.4. The van der Waals surface area contributed by atoms with Crippen LogP contribution in [0.15, 0.2) is 182 Å². The molecule has 0 aromatic heterocycles. The minimum absolute atomic E-state index is 0.183. The summed E-state index contributed by atoms with van der Waals surface area (Å²) in [5.41, 5.74) is 7.96. The number of hydrogen-bond acceptors (Lipinski definition) is 10. The summed E-state index contributed by atoms with van der Waals surface area (Å²) in [5.74, 6) is 0. The van der Waals surface area contributed by atoms with Crippen LogP contribution in [0.25, 0.3) is 0 Å². The highest BCUT2D eigenvalue weighted by Crippen LogP contribution is 2.69. The second-order valence-electron chi connectivity index (χ2n) is 15.3. The smallest absolute Gasteiger partial charge is 0.0637 e. The molecule has 10 heteroatoms. The van der Waals surface area contributed by atoms with E-state index in [2.05, 4.69) is 245 Å². The van der Waals surface area contributed by atoms with Crippen molar-refractivity contribution in [2.75, 3.05) is 0 Å². The van der Waals surface area contributed by atoms with Gasteiger partial charge in [0, 0.05) is 0 Å². The second kappa shape index (κ2) is 22.6. The number of rotatable bonds is 19. The first-order valence-corrected chi connectivity index (χ1v) is 32.6. The molecule has 6 aromatic rings. The Balaban J connectivity index is 0.966. The van der Waals surface area contributed by atoms with Crippen molar-refractivity contribution in [1.82, 2.24) is 0 Å². The maximum atomic E-state index is 2.31. The maximum Gasteiger partial charge on any atom is 0.102 e. The van der Waals surface area contributed by atoms with Gasteiger partial charge < -0.3 is 0 Å². The third-order valence-electron chi connectivity index (χ3n) is 11.4. The zero-order valence-corrected chi connectivity index (χ0v) is 41.6. The Morgan fingerprint density at radius 2 is 0.483 bits per heavy atom. The van der Waals surface area contributed by atoms with E-state index in [1.165, 1.54) is 97.6 Å². The topological polar surface area (TPSA) is 0 Å². The van der Waals surface area contributed by atoms with Gasteiger partial charge in [0.1, 0.15) is 9.49 Å². The lowest BCUT2D eigenvalue weighted by Crippen LogP contribution is -2.25. The fraction of sp³-hybridized carbons (Fsp3) is 0.280. The van der Waals surface area contributed by atoms with Crippen molar-refractivity contribution < 1.29 is 0 Å². The first-order valence-electron chi connectivity index (χ1n) is 20.8. The molecule has 0 saturated heterocycles. The third-order valence-corrected chi connectivity index (χ3v) is 31.3. The zero-order chi connectivity index (χ0) is 40.8. The molecule has 0 atom stereocenters. The summed E-state index contributed by atoms with van der Waals surface area (Å²) in [6.07, 6.45) is 13.0. The van der Waals surface area contributed by atoms with E-state index < -0.39 is 0 Å². The molecule has 310 valence electrons. The van der Waals surface area contributed by atoms with Crippen molar-refractivity contribution in [2.45, 2.75) is 81.9 Å². The Kier molecular flexibility index (Phi) is 17.1. The van der Waals surface area contributed by atoms with Crippen LogP contribution in [0.2, 0.25) is 0 Å². The lowest BCUT2D eigenvalue weighted by Gasteiger charge is -2.39. The van der Waals surface area contributed by atoms with Crippen LogP contribution >= 0.6 is 104 Å². The van der Waals surface area contributed by atoms with Gasteiger partial charge in [0.25, 0.3) is 0 Å². The second-order valence-corrected chi connectivity index (χ2v) is 31.2. The van der Waals surface area contributed by atoms with Crippen LogP contribution in [0.1, 0.15) is 97.6 Å². The zero-order valence-electron chi connectivity index (χ0n) is 33.5. The predicted octanol–water partition coefficient (Wildman–Crippen LogP) is 19.0. The van der Waals surface area contributed by atoms with Gasteiger partial charge in [-0.2, -0.15) is 0 Å². The van der Waals surface area contributed by atoms with Gasteiger partial charge in [0.15, 0.2) is 0 Å². The molecule has 0 heterocycles. The van der Waals surface area contributed by atoms with E-state index in [1.807, 2.05) is 41.2 Å². The molecule has 0 spiro atoms. The quantitative estimate of drug-likeness (QED) is 0.0332. The van der Waals surface area contributed by atoms with E-state index in [9.17, 15) is 0 Å². The van der Waals surface area contributed by atoms with Crippen molar-refractivity contribution >= 4 is 104 Å². The fourth-order valence-electron chi connectivity index (χ4n) is 8.28. The van der Waals surface area contributed by atoms with Crippen LogP contribution in [0.3, 0.4) is 0 Å². The molecular formula is C50H50S10. The SMILES string of the molecule is c1ccc(C(SSSC2(SSSSC3(SSSC(c4ccccc4)(c4ccccc4)c4ccccc4)CCCCC3)CCCCC2)(c2ccccc2)c2ccccc2)cc1. The highest BCUT2D eigenvalue weighted by molar-refractivity contribution is 9.28. The molecule has 8 rings (SSSR count). The van der Waals surface area contributed by atoms with E-state index in [0.717, 1.165) is 0 Å². The summed E-state index contributed by atoms with van der Waals surface area (Å²) in [7, 11) is 20.8. The monoisotopic (exact) mass is 970 g/mol. The Bertz CT molecular complexity index is 1780. The van der Waals surface area contributed by atoms with Gasteiger partial charge >= 0.3 is 0 Å². The van der Waals surface area contributed by atoms with Crippen LogP contribution in [0.5, 0.6) is 0 Å². The molecule has 2 fully saturated rings. The van der Waals surface area contributed by atoms with Gasteiger partial charge in [-0.25, -0.2) is 0 Å². The minimum atomic E-state index is -0.320. The average molecular weight is 972 g/mol. The molecule has 0 amide bonds.